The van der Waals surface area contributed by atoms with Gasteiger partial charge in [0.25, 0.3) is 0 Å². The Bertz CT molecular complexity index is 888. The Morgan fingerprint density at radius 3 is 2.87 bits per heavy atom. The fourth-order valence-electron chi connectivity index (χ4n) is 3.55. The van der Waals surface area contributed by atoms with Crippen LogP contribution in [-0.2, 0) is 19.3 Å². The standard InChI is InChI=1S/C20H18BrNO/c1-23-20-16(11-15-12-17(21)8-9-19(15)22-20)10-14-6-2-4-13-5-3-7-18(13)14/h2,4,6,8-9,11-12H,3,5,7,10H2,1H3. The van der Waals surface area contributed by atoms with Crippen molar-refractivity contribution in [2.24, 2.45) is 0 Å². The van der Waals surface area contributed by atoms with E-state index < -0.39 is 0 Å². The van der Waals surface area contributed by atoms with Gasteiger partial charge in [-0.3, -0.25) is 0 Å². The molecule has 1 aliphatic carbocycles. The zero-order chi connectivity index (χ0) is 15.8. The molecule has 0 saturated carbocycles. The molecule has 0 saturated heterocycles. The summed E-state index contributed by atoms with van der Waals surface area (Å²) in [6.07, 6.45) is 4.55. The molecule has 1 heterocycles. The van der Waals surface area contributed by atoms with E-state index in [9.17, 15) is 0 Å². The van der Waals surface area contributed by atoms with Crippen molar-refractivity contribution in [1.82, 2.24) is 4.98 Å². The van der Waals surface area contributed by atoms with Gasteiger partial charge in [0.15, 0.2) is 0 Å². The fourth-order valence-corrected chi connectivity index (χ4v) is 3.93. The predicted octanol–water partition coefficient (Wildman–Crippen LogP) is 5.09. The summed E-state index contributed by atoms with van der Waals surface area (Å²) < 4.78 is 6.63. The Kier molecular flexibility index (Phi) is 3.82. The van der Waals surface area contributed by atoms with Gasteiger partial charge in [0.1, 0.15) is 0 Å². The highest BCUT2D eigenvalue weighted by Gasteiger charge is 2.16. The molecule has 23 heavy (non-hydrogen) atoms. The minimum Gasteiger partial charge on any atom is -0.481 e. The molecule has 0 amide bonds. The molecule has 3 heteroatoms. The highest BCUT2D eigenvalue weighted by Crippen LogP contribution is 2.30. The number of pyridine rings is 1. The van der Waals surface area contributed by atoms with Crippen LogP contribution in [0.25, 0.3) is 10.9 Å². The third-order valence-electron chi connectivity index (χ3n) is 4.63. The number of methoxy groups -OCH3 is 1. The maximum atomic E-state index is 5.55. The van der Waals surface area contributed by atoms with Gasteiger partial charge in [0.2, 0.25) is 5.88 Å². The SMILES string of the molecule is COc1nc2ccc(Br)cc2cc1Cc1cccc2c1CCC2. The summed E-state index contributed by atoms with van der Waals surface area (Å²) in [7, 11) is 1.70. The summed E-state index contributed by atoms with van der Waals surface area (Å²) in [5.74, 6) is 0.732. The first-order chi connectivity index (χ1) is 11.2. The van der Waals surface area contributed by atoms with Gasteiger partial charge in [0, 0.05) is 21.8 Å². The van der Waals surface area contributed by atoms with E-state index in [1.165, 1.54) is 36.0 Å². The number of ether oxygens (including phenoxy) is 1. The van der Waals surface area contributed by atoms with Gasteiger partial charge in [0.05, 0.1) is 12.6 Å². The Balaban J connectivity index is 1.80. The lowest BCUT2D eigenvalue weighted by Crippen LogP contribution is -2.00. The van der Waals surface area contributed by atoms with Crippen LogP contribution in [0, 0.1) is 0 Å². The van der Waals surface area contributed by atoms with Crippen molar-refractivity contribution in [2.45, 2.75) is 25.7 Å². The number of halogens is 1. The smallest absolute Gasteiger partial charge is 0.217 e. The number of nitrogens with zero attached hydrogens (tertiary/aromatic N) is 1. The van der Waals surface area contributed by atoms with Crippen LogP contribution < -0.4 is 4.74 Å². The molecule has 0 aliphatic heterocycles. The van der Waals surface area contributed by atoms with E-state index >= 15 is 0 Å². The van der Waals surface area contributed by atoms with E-state index in [0.717, 1.165) is 33.2 Å². The number of hydrogen-bond acceptors (Lipinski definition) is 2. The molecular formula is C20H18BrNO. The summed E-state index contributed by atoms with van der Waals surface area (Å²) in [6, 6.07) is 15.0. The van der Waals surface area contributed by atoms with Gasteiger partial charge < -0.3 is 4.74 Å². The van der Waals surface area contributed by atoms with Crippen molar-refractivity contribution >= 4 is 26.8 Å². The summed E-state index contributed by atoms with van der Waals surface area (Å²) >= 11 is 3.54. The number of hydrogen-bond donors (Lipinski definition) is 0. The van der Waals surface area contributed by atoms with E-state index in [1.807, 2.05) is 12.1 Å². The van der Waals surface area contributed by atoms with Gasteiger partial charge in [-0.25, -0.2) is 4.98 Å². The fraction of sp³-hybridized carbons (Fsp3) is 0.250. The van der Waals surface area contributed by atoms with Gasteiger partial charge >= 0.3 is 0 Å². The maximum absolute atomic E-state index is 5.55. The second-order valence-corrected chi connectivity index (χ2v) is 6.99. The summed E-state index contributed by atoms with van der Waals surface area (Å²) in [5, 5.41) is 1.14. The average Bonchev–Trinajstić information content (AvgIpc) is 3.04. The van der Waals surface area contributed by atoms with Crippen LogP contribution in [0.1, 0.15) is 28.7 Å². The third kappa shape index (κ3) is 2.74. The van der Waals surface area contributed by atoms with Crippen LogP contribution in [0.3, 0.4) is 0 Å². The molecule has 116 valence electrons. The molecule has 0 unspecified atom stereocenters. The van der Waals surface area contributed by atoms with Crippen molar-refractivity contribution in [3.05, 3.63) is 69.2 Å². The minimum absolute atomic E-state index is 0.732. The molecule has 2 nitrogen and oxygen atoms in total. The lowest BCUT2D eigenvalue weighted by atomic mass is 9.97. The molecule has 1 aromatic heterocycles. The van der Waals surface area contributed by atoms with Crippen LogP contribution in [0.4, 0.5) is 0 Å². The molecule has 0 spiro atoms. The Labute approximate surface area is 144 Å². The topological polar surface area (TPSA) is 22.1 Å². The lowest BCUT2D eigenvalue weighted by molar-refractivity contribution is 0.395. The minimum atomic E-state index is 0.732. The molecule has 0 bridgehead atoms. The Morgan fingerprint density at radius 2 is 2.00 bits per heavy atom. The van der Waals surface area contributed by atoms with Crippen LogP contribution >= 0.6 is 15.9 Å². The summed E-state index contributed by atoms with van der Waals surface area (Å²) in [6.45, 7) is 0. The largest absolute Gasteiger partial charge is 0.481 e. The van der Waals surface area contributed by atoms with Crippen molar-refractivity contribution < 1.29 is 4.74 Å². The molecular weight excluding hydrogens is 350 g/mol. The third-order valence-corrected chi connectivity index (χ3v) is 5.13. The zero-order valence-electron chi connectivity index (χ0n) is 13.1. The van der Waals surface area contributed by atoms with Gasteiger partial charge in [-0.05, 0) is 60.2 Å². The van der Waals surface area contributed by atoms with E-state index in [1.54, 1.807) is 7.11 Å². The van der Waals surface area contributed by atoms with Crippen LogP contribution in [0.5, 0.6) is 5.88 Å². The second kappa shape index (κ2) is 5.97. The van der Waals surface area contributed by atoms with Crippen LogP contribution in [0.15, 0.2) is 46.9 Å². The first-order valence-electron chi connectivity index (χ1n) is 7.97. The van der Waals surface area contributed by atoms with Crippen LogP contribution in [0.2, 0.25) is 0 Å². The van der Waals surface area contributed by atoms with E-state index in [0.29, 0.717) is 0 Å². The maximum Gasteiger partial charge on any atom is 0.217 e. The number of benzene rings is 2. The number of aryl methyl sites for hydroxylation is 1. The molecule has 2 aromatic carbocycles. The van der Waals surface area contributed by atoms with Crippen molar-refractivity contribution in [3.8, 4) is 5.88 Å². The highest BCUT2D eigenvalue weighted by atomic mass is 79.9. The second-order valence-electron chi connectivity index (χ2n) is 6.08. The Hall–Kier alpha value is -1.87. The molecule has 0 radical (unpaired) electrons. The molecule has 3 aromatic rings. The van der Waals surface area contributed by atoms with E-state index in [2.05, 4.69) is 51.2 Å². The first-order valence-corrected chi connectivity index (χ1v) is 8.77. The van der Waals surface area contributed by atoms with Crippen LogP contribution in [-0.4, -0.2) is 12.1 Å². The molecule has 1 aliphatic rings. The zero-order valence-corrected chi connectivity index (χ0v) is 14.7. The van der Waals surface area contributed by atoms with Crippen molar-refractivity contribution in [3.63, 3.8) is 0 Å². The van der Waals surface area contributed by atoms with E-state index in [-0.39, 0.29) is 0 Å². The van der Waals surface area contributed by atoms with Crippen molar-refractivity contribution in [1.29, 1.82) is 0 Å². The molecule has 4 rings (SSSR count). The summed E-state index contributed by atoms with van der Waals surface area (Å²) in [4.78, 5) is 4.68. The average molecular weight is 368 g/mol. The monoisotopic (exact) mass is 367 g/mol. The highest BCUT2D eigenvalue weighted by molar-refractivity contribution is 9.10. The Morgan fingerprint density at radius 1 is 1.09 bits per heavy atom. The molecule has 0 atom stereocenters. The molecule has 0 N–H and O–H groups in total. The number of fused-ring (bicyclic) bond motifs is 2. The van der Waals surface area contributed by atoms with Gasteiger partial charge in [-0.1, -0.05) is 34.1 Å². The lowest BCUT2D eigenvalue weighted by Gasteiger charge is -2.12. The molecule has 0 fully saturated rings. The van der Waals surface area contributed by atoms with Gasteiger partial charge in [-0.15, -0.1) is 0 Å². The van der Waals surface area contributed by atoms with Gasteiger partial charge in [-0.2, -0.15) is 0 Å². The normalized spacial score (nSPS) is 13.3. The number of aromatic nitrogens is 1. The van der Waals surface area contributed by atoms with Crippen molar-refractivity contribution in [2.75, 3.05) is 7.11 Å². The number of rotatable bonds is 3. The predicted molar refractivity (Wildman–Crippen MR) is 97.3 cm³/mol. The first kappa shape index (κ1) is 14.7. The quantitative estimate of drug-likeness (QED) is 0.643. The van der Waals surface area contributed by atoms with E-state index in [4.69, 9.17) is 4.74 Å². The summed E-state index contributed by atoms with van der Waals surface area (Å²) in [5.41, 5.74) is 6.57.